The summed E-state index contributed by atoms with van der Waals surface area (Å²) in [5.74, 6) is 0.257. The van der Waals surface area contributed by atoms with Crippen LogP contribution in [0.4, 0.5) is 0 Å². The zero-order valence-electron chi connectivity index (χ0n) is 8.75. The van der Waals surface area contributed by atoms with Gasteiger partial charge in [0, 0.05) is 13.1 Å². The van der Waals surface area contributed by atoms with Gasteiger partial charge in [0.05, 0.1) is 12.0 Å². The second-order valence-corrected chi connectivity index (χ2v) is 3.83. The molecular weight excluding hydrogens is 180 g/mol. The lowest BCUT2D eigenvalue weighted by atomic mass is 10.1. The van der Waals surface area contributed by atoms with Gasteiger partial charge in [0.2, 0.25) is 5.91 Å². The van der Waals surface area contributed by atoms with Gasteiger partial charge >= 0.3 is 0 Å². The summed E-state index contributed by atoms with van der Waals surface area (Å²) in [5, 5.41) is 15.3. The van der Waals surface area contributed by atoms with Gasteiger partial charge in [0.1, 0.15) is 0 Å². The maximum Gasteiger partial charge on any atom is 0.224 e. The Morgan fingerprint density at radius 1 is 1.71 bits per heavy atom. The van der Waals surface area contributed by atoms with Crippen LogP contribution in [0.15, 0.2) is 0 Å². The molecule has 0 bridgehead atoms. The summed E-state index contributed by atoms with van der Waals surface area (Å²) in [7, 11) is 0. The van der Waals surface area contributed by atoms with Crippen molar-refractivity contribution in [3.8, 4) is 0 Å². The first-order chi connectivity index (χ1) is 6.74. The predicted molar refractivity (Wildman–Crippen MR) is 54.9 cm³/mol. The van der Waals surface area contributed by atoms with E-state index in [2.05, 4.69) is 10.6 Å². The van der Waals surface area contributed by atoms with Crippen LogP contribution in [0.1, 0.15) is 26.2 Å². The van der Waals surface area contributed by atoms with E-state index in [1.165, 1.54) is 0 Å². The van der Waals surface area contributed by atoms with Crippen molar-refractivity contribution in [3.63, 3.8) is 0 Å². The highest BCUT2D eigenvalue weighted by Gasteiger charge is 2.21. The SMILES string of the molecule is CCC(O)CCNC(=O)C1CCNC1. The highest BCUT2D eigenvalue weighted by Crippen LogP contribution is 2.06. The lowest BCUT2D eigenvalue weighted by molar-refractivity contribution is -0.124. The molecule has 1 aliphatic rings. The van der Waals surface area contributed by atoms with Crippen LogP contribution in [0.5, 0.6) is 0 Å². The molecule has 14 heavy (non-hydrogen) atoms. The van der Waals surface area contributed by atoms with Crippen LogP contribution < -0.4 is 10.6 Å². The van der Waals surface area contributed by atoms with E-state index in [1.807, 2.05) is 6.92 Å². The molecule has 1 aliphatic heterocycles. The van der Waals surface area contributed by atoms with Crippen LogP contribution in [0.2, 0.25) is 0 Å². The van der Waals surface area contributed by atoms with E-state index in [-0.39, 0.29) is 17.9 Å². The second-order valence-electron chi connectivity index (χ2n) is 3.83. The third kappa shape index (κ3) is 3.64. The molecule has 0 aromatic carbocycles. The summed E-state index contributed by atoms with van der Waals surface area (Å²) < 4.78 is 0. The molecule has 2 unspecified atom stereocenters. The van der Waals surface area contributed by atoms with E-state index in [0.29, 0.717) is 13.0 Å². The van der Waals surface area contributed by atoms with Gasteiger partial charge in [-0.3, -0.25) is 4.79 Å². The topological polar surface area (TPSA) is 61.4 Å². The Hall–Kier alpha value is -0.610. The first kappa shape index (κ1) is 11.5. The molecule has 1 amide bonds. The summed E-state index contributed by atoms with van der Waals surface area (Å²) in [5.41, 5.74) is 0. The normalized spacial score (nSPS) is 23.4. The highest BCUT2D eigenvalue weighted by atomic mass is 16.3. The number of carbonyl (C=O) groups excluding carboxylic acids is 1. The van der Waals surface area contributed by atoms with Crippen molar-refractivity contribution in [3.05, 3.63) is 0 Å². The van der Waals surface area contributed by atoms with Crippen molar-refractivity contribution < 1.29 is 9.90 Å². The first-order valence-corrected chi connectivity index (χ1v) is 5.40. The molecular formula is C10H20N2O2. The standard InChI is InChI=1S/C10H20N2O2/c1-2-9(13)4-6-12-10(14)8-3-5-11-7-8/h8-9,11,13H,2-7H2,1H3,(H,12,14). The molecule has 1 heterocycles. The third-order valence-corrected chi connectivity index (χ3v) is 2.68. The van der Waals surface area contributed by atoms with Crippen molar-refractivity contribution in [2.24, 2.45) is 5.92 Å². The average molecular weight is 200 g/mol. The molecule has 1 saturated heterocycles. The first-order valence-electron chi connectivity index (χ1n) is 5.40. The fraction of sp³-hybridized carbons (Fsp3) is 0.900. The molecule has 2 atom stereocenters. The Bertz CT molecular complexity index is 179. The Morgan fingerprint density at radius 2 is 2.50 bits per heavy atom. The molecule has 1 fully saturated rings. The summed E-state index contributed by atoms with van der Waals surface area (Å²) >= 11 is 0. The van der Waals surface area contributed by atoms with Crippen LogP contribution in [-0.2, 0) is 4.79 Å². The number of aliphatic hydroxyl groups excluding tert-OH is 1. The van der Waals surface area contributed by atoms with Crippen molar-refractivity contribution in [1.29, 1.82) is 0 Å². The number of nitrogens with one attached hydrogen (secondary N) is 2. The fourth-order valence-corrected chi connectivity index (χ4v) is 1.59. The lowest BCUT2D eigenvalue weighted by Crippen LogP contribution is -2.33. The number of amides is 1. The van der Waals surface area contributed by atoms with E-state index in [4.69, 9.17) is 0 Å². The highest BCUT2D eigenvalue weighted by molar-refractivity contribution is 5.79. The van der Waals surface area contributed by atoms with Gasteiger partial charge in [0.15, 0.2) is 0 Å². The van der Waals surface area contributed by atoms with Gasteiger partial charge in [-0.25, -0.2) is 0 Å². The molecule has 1 rings (SSSR count). The molecule has 0 radical (unpaired) electrons. The van der Waals surface area contributed by atoms with E-state index in [0.717, 1.165) is 25.9 Å². The molecule has 82 valence electrons. The third-order valence-electron chi connectivity index (χ3n) is 2.68. The van der Waals surface area contributed by atoms with E-state index < -0.39 is 0 Å². The van der Waals surface area contributed by atoms with E-state index >= 15 is 0 Å². The molecule has 0 aromatic heterocycles. The van der Waals surface area contributed by atoms with Gasteiger partial charge < -0.3 is 15.7 Å². The predicted octanol–water partition coefficient (Wildman–Crippen LogP) is -0.127. The number of hydrogen-bond donors (Lipinski definition) is 3. The van der Waals surface area contributed by atoms with Crippen molar-refractivity contribution in [2.75, 3.05) is 19.6 Å². The van der Waals surface area contributed by atoms with Crippen LogP contribution in [0, 0.1) is 5.92 Å². The van der Waals surface area contributed by atoms with Crippen molar-refractivity contribution >= 4 is 5.91 Å². The number of hydrogen-bond acceptors (Lipinski definition) is 3. The molecule has 4 nitrogen and oxygen atoms in total. The minimum Gasteiger partial charge on any atom is -0.393 e. The van der Waals surface area contributed by atoms with Gasteiger partial charge in [-0.05, 0) is 25.8 Å². The Morgan fingerprint density at radius 3 is 3.07 bits per heavy atom. The van der Waals surface area contributed by atoms with Gasteiger partial charge in [-0.1, -0.05) is 6.92 Å². The molecule has 3 N–H and O–H groups in total. The van der Waals surface area contributed by atoms with Crippen molar-refractivity contribution in [2.45, 2.75) is 32.3 Å². The Labute approximate surface area is 85.1 Å². The zero-order valence-corrected chi connectivity index (χ0v) is 8.75. The molecule has 0 spiro atoms. The van der Waals surface area contributed by atoms with Gasteiger partial charge in [-0.2, -0.15) is 0 Å². The maximum absolute atomic E-state index is 11.5. The molecule has 0 aromatic rings. The number of aliphatic hydroxyl groups is 1. The molecule has 0 saturated carbocycles. The lowest BCUT2D eigenvalue weighted by Gasteiger charge is -2.11. The average Bonchev–Trinajstić information content (AvgIpc) is 2.70. The quantitative estimate of drug-likeness (QED) is 0.579. The van der Waals surface area contributed by atoms with Gasteiger partial charge in [-0.15, -0.1) is 0 Å². The van der Waals surface area contributed by atoms with Crippen LogP contribution in [0.25, 0.3) is 0 Å². The second kappa shape index (κ2) is 5.98. The summed E-state index contributed by atoms with van der Waals surface area (Å²) in [6.07, 6.45) is 2.06. The minimum atomic E-state index is -0.281. The fourth-order valence-electron chi connectivity index (χ4n) is 1.59. The number of rotatable bonds is 5. The molecule has 0 aliphatic carbocycles. The molecule has 4 heteroatoms. The van der Waals surface area contributed by atoms with Crippen molar-refractivity contribution in [1.82, 2.24) is 10.6 Å². The summed E-state index contributed by atoms with van der Waals surface area (Å²) in [6, 6.07) is 0. The summed E-state index contributed by atoms with van der Waals surface area (Å²) in [6.45, 7) is 4.26. The van der Waals surface area contributed by atoms with Gasteiger partial charge in [0.25, 0.3) is 0 Å². The largest absolute Gasteiger partial charge is 0.393 e. The van der Waals surface area contributed by atoms with Crippen LogP contribution in [-0.4, -0.2) is 36.8 Å². The zero-order chi connectivity index (χ0) is 10.4. The monoisotopic (exact) mass is 200 g/mol. The minimum absolute atomic E-state index is 0.123. The maximum atomic E-state index is 11.5. The smallest absolute Gasteiger partial charge is 0.224 e. The van der Waals surface area contributed by atoms with E-state index in [1.54, 1.807) is 0 Å². The Balaban J connectivity index is 2.08. The Kier molecular flexibility index (Phi) is 4.90. The van der Waals surface area contributed by atoms with Crippen LogP contribution >= 0.6 is 0 Å². The number of carbonyl (C=O) groups is 1. The van der Waals surface area contributed by atoms with E-state index in [9.17, 15) is 9.90 Å². The van der Waals surface area contributed by atoms with Crippen LogP contribution in [0.3, 0.4) is 0 Å². The summed E-state index contributed by atoms with van der Waals surface area (Å²) in [4.78, 5) is 11.5.